The van der Waals surface area contributed by atoms with Crippen LogP contribution in [-0.4, -0.2) is 6.54 Å². The second-order valence-corrected chi connectivity index (χ2v) is 18.2. The second kappa shape index (κ2) is 18.8. The molecule has 0 atom stereocenters. The smallest absolute Gasteiger partial charge is 0.0726 e. The highest BCUT2D eigenvalue weighted by atomic mass is 15.1. The molecular formula is C68H54N2. The lowest BCUT2D eigenvalue weighted by Gasteiger charge is -2.32. The van der Waals surface area contributed by atoms with Gasteiger partial charge in [-0.1, -0.05) is 214 Å². The van der Waals surface area contributed by atoms with Crippen LogP contribution in [0.25, 0.3) is 51.3 Å². The minimum absolute atomic E-state index is 0.526. The summed E-state index contributed by atoms with van der Waals surface area (Å²) in [6.45, 7) is 15.8. The van der Waals surface area contributed by atoms with Gasteiger partial charge in [-0.05, 0) is 151 Å². The van der Waals surface area contributed by atoms with Gasteiger partial charge in [0.1, 0.15) is 0 Å². The number of para-hydroxylation sites is 1. The molecule has 0 fully saturated rings. The summed E-state index contributed by atoms with van der Waals surface area (Å²) in [6, 6.07) is 54.3. The molecule has 2 aliphatic heterocycles. The molecule has 0 aromatic heterocycles. The van der Waals surface area contributed by atoms with Crippen LogP contribution in [-0.2, 0) is 5.41 Å². The van der Waals surface area contributed by atoms with Gasteiger partial charge in [0.2, 0.25) is 0 Å². The Morgan fingerprint density at radius 3 is 1.96 bits per heavy atom. The average molecular weight is 899 g/mol. The minimum atomic E-state index is -0.526. The van der Waals surface area contributed by atoms with Gasteiger partial charge in [-0.3, -0.25) is 0 Å². The van der Waals surface area contributed by atoms with Crippen LogP contribution in [0.5, 0.6) is 0 Å². The SMILES string of the molecule is C=CC1=C(\C=C/C)N(c2ccc3cc(/C=C/c4ccc5c(c4)C4(c6ccccc6-c6ccccc64)c4cc(N6C(=C)/C=C\C=C/C/C=C\c7ccccc76)ccc4-5)ccc3c2)C/C=C\C=C/C(=C)/C=C\1. The molecule has 4 aliphatic rings. The fourth-order valence-electron chi connectivity index (χ4n) is 10.8. The molecule has 0 unspecified atom stereocenters. The molecule has 336 valence electrons. The van der Waals surface area contributed by atoms with E-state index in [9.17, 15) is 0 Å². The Balaban J connectivity index is 0.992. The lowest BCUT2D eigenvalue weighted by molar-refractivity contribution is 0.793. The molecule has 0 N–H and O–H groups in total. The highest BCUT2D eigenvalue weighted by Gasteiger charge is 2.51. The molecule has 7 aromatic rings. The van der Waals surface area contributed by atoms with Crippen LogP contribution < -0.4 is 9.80 Å². The van der Waals surface area contributed by atoms with Crippen LogP contribution in [0.1, 0.15) is 52.3 Å². The van der Waals surface area contributed by atoms with E-state index in [2.05, 4.69) is 261 Å². The van der Waals surface area contributed by atoms with Crippen LogP contribution in [0.15, 0.2) is 273 Å². The summed E-state index contributed by atoms with van der Waals surface area (Å²) >= 11 is 0. The van der Waals surface area contributed by atoms with Gasteiger partial charge in [-0.15, -0.1) is 0 Å². The normalized spacial score (nSPS) is 19.7. The molecule has 2 aliphatic carbocycles. The van der Waals surface area contributed by atoms with Crippen molar-refractivity contribution in [3.63, 3.8) is 0 Å². The third-order valence-corrected chi connectivity index (χ3v) is 14.0. The van der Waals surface area contributed by atoms with Crippen molar-refractivity contribution in [2.24, 2.45) is 0 Å². The molecule has 0 amide bonds. The molecule has 2 heterocycles. The molecule has 2 heteroatoms. The van der Waals surface area contributed by atoms with E-state index < -0.39 is 5.41 Å². The van der Waals surface area contributed by atoms with Crippen molar-refractivity contribution in [1.82, 2.24) is 0 Å². The fourth-order valence-corrected chi connectivity index (χ4v) is 10.8. The fraction of sp³-hybridized carbons (Fsp3) is 0.0588. The highest BCUT2D eigenvalue weighted by Crippen LogP contribution is 2.63. The van der Waals surface area contributed by atoms with Crippen LogP contribution >= 0.6 is 0 Å². The van der Waals surface area contributed by atoms with Gasteiger partial charge in [0.25, 0.3) is 0 Å². The summed E-state index contributed by atoms with van der Waals surface area (Å²) in [6.07, 6.45) is 37.0. The second-order valence-electron chi connectivity index (χ2n) is 18.2. The number of hydrogen-bond donors (Lipinski definition) is 0. The van der Waals surface area contributed by atoms with Gasteiger partial charge in [-0.25, -0.2) is 0 Å². The Kier molecular flexibility index (Phi) is 11.7. The number of rotatable bonds is 6. The minimum Gasteiger partial charge on any atom is -0.337 e. The summed E-state index contributed by atoms with van der Waals surface area (Å²) in [4.78, 5) is 4.66. The molecule has 0 saturated carbocycles. The van der Waals surface area contributed by atoms with Gasteiger partial charge in [0, 0.05) is 29.3 Å². The van der Waals surface area contributed by atoms with Crippen LogP contribution in [0, 0.1) is 0 Å². The maximum absolute atomic E-state index is 4.65. The largest absolute Gasteiger partial charge is 0.337 e. The Morgan fingerprint density at radius 2 is 1.16 bits per heavy atom. The van der Waals surface area contributed by atoms with Crippen LogP contribution in [0.3, 0.4) is 0 Å². The van der Waals surface area contributed by atoms with E-state index >= 15 is 0 Å². The monoisotopic (exact) mass is 898 g/mol. The lowest BCUT2D eigenvalue weighted by atomic mass is 9.70. The Morgan fingerprint density at radius 1 is 0.514 bits per heavy atom. The Labute approximate surface area is 413 Å². The molecule has 7 aromatic carbocycles. The van der Waals surface area contributed by atoms with Gasteiger partial charge in [0.15, 0.2) is 0 Å². The first-order valence-electron chi connectivity index (χ1n) is 24.2. The van der Waals surface area contributed by atoms with E-state index in [0.717, 1.165) is 62.7 Å². The Bertz CT molecular complexity index is 3520. The zero-order chi connectivity index (χ0) is 47.6. The van der Waals surface area contributed by atoms with E-state index in [1.165, 1.54) is 55.3 Å². The molecular weight excluding hydrogens is 845 g/mol. The number of allylic oxidation sites excluding steroid dienone is 15. The summed E-state index contributed by atoms with van der Waals surface area (Å²) in [5.41, 5.74) is 20.5. The predicted octanol–water partition coefficient (Wildman–Crippen LogP) is 17.6. The average Bonchev–Trinajstić information content (AvgIpc) is 3.83. The number of nitrogens with zero attached hydrogens (tertiary/aromatic N) is 2. The van der Waals surface area contributed by atoms with E-state index in [0.29, 0.717) is 6.54 Å². The van der Waals surface area contributed by atoms with E-state index in [1.54, 1.807) is 0 Å². The van der Waals surface area contributed by atoms with Crippen LogP contribution in [0.4, 0.5) is 17.1 Å². The van der Waals surface area contributed by atoms with E-state index in [-0.39, 0.29) is 0 Å². The predicted molar refractivity (Wildman–Crippen MR) is 301 cm³/mol. The molecule has 1 spiro atoms. The van der Waals surface area contributed by atoms with E-state index in [4.69, 9.17) is 0 Å². The third-order valence-electron chi connectivity index (χ3n) is 14.0. The van der Waals surface area contributed by atoms with Gasteiger partial charge in [0.05, 0.1) is 11.1 Å². The summed E-state index contributed by atoms with van der Waals surface area (Å²) in [7, 11) is 0. The quantitative estimate of drug-likeness (QED) is 0.153. The van der Waals surface area contributed by atoms with Gasteiger partial charge < -0.3 is 9.80 Å². The van der Waals surface area contributed by atoms with Gasteiger partial charge >= 0.3 is 0 Å². The molecule has 2 nitrogen and oxygen atoms in total. The molecule has 0 radical (unpaired) electrons. The van der Waals surface area contributed by atoms with Crippen molar-refractivity contribution in [2.45, 2.75) is 18.8 Å². The Hall–Kier alpha value is -8.72. The third kappa shape index (κ3) is 7.74. The molecule has 0 bridgehead atoms. The maximum atomic E-state index is 4.65. The molecule has 0 saturated heterocycles. The summed E-state index contributed by atoms with van der Waals surface area (Å²) in [5, 5.41) is 2.37. The van der Waals surface area contributed by atoms with E-state index in [1.807, 2.05) is 24.3 Å². The van der Waals surface area contributed by atoms with Gasteiger partial charge in [-0.2, -0.15) is 0 Å². The van der Waals surface area contributed by atoms with Crippen molar-refractivity contribution >= 4 is 46.1 Å². The zero-order valence-corrected chi connectivity index (χ0v) is 39.6. The standard InChI is InChI=1S/C68H54N2/c1-5-21-66-52(6-2)36-31-48(3)22-11-10-20-43-69(66)56-39-38-54-44-50(34-37-55(54)46-56)32-33-51-35-41-60-61-42-40-57(70-49(4)23-12-8-7-9-13-24-53-25-14-19-30-67(53)70)47-65(61)68(64(60)45-51)62-28-17-15-26-58(62)59-27-16-18-29-63(59)68/h5-8,10-42,44-47H,2-4,9,43H2,1H3/b8-7-,20-10-,21-5-,22-11-,23-12-,24-13-,33-32+,36-31-,66-52-. The highest BCUT2D eigenvalue weighted by molar-refractivity contribution is 5.97. The first-order chi connectivity index (χ1) is 34.5. The molecule has 11 rings (SSSR count). The summed E-state index contributed by atoms with van der Waals surface area (Å²) in [5.74, 6) is 0. The lowest BCUT2D eigenvalue weighted by Crippen LogP contribution is -2.26. The van der Waals surface area contributed by atoms with Crippen molar-refractivity contribution in [3.8, 4) is 22.3 Å². The summed E-state index contributed by atoms with van der Waals surface area (Å²) < 4.78 is 0. The van der Waals surface area contributed by atoms with Crippen molar-refractivity contribution in [2.75, 3.05) is 16.3 Å². The number of benzene rings is 7. The zero-order valence-electron chi connectivity index (χ0n) is 39.6. The first-order valence-corrected chi connectivity index (χ1v) is 24.2. The van der Waals surface area contributed by atoms with Crippen molar-refractivity contribution < 1.29 is 0 Å². The van der Waals surface area contributed by atoms with Crippen molar-refractivity contribution in [3.05, 3.63) is 312 Å². The number of hydrogen-bond acceptors (Lipinski definition) is 2. The van der Waals surface area contributed by atoms with Crippen molar-refractivity contribution in [1.29, 1.82) is 0 Å². The van der Waals surface area contributed by atoms with Crippen LogP contribution in [0.2, 0.25) is 0 Å². The molecule has 70 heavy (non-hydrogen) atoms. The first kappa shape index (κ1) is 43.8. The topological polar surface area (TPSA) is 6.48 Å². The number of fused-ring (bicyclic) bond motifs is 12. The maximum Gasteiger partial charge on any atom is 0.0726 e. The number of anilines is 3.